The molecule has 0 saturated carbocycles. The fourth-order valence-electron chi connectivity index (χ4n) is 2.00. The van der Waals surface area contributed by atoms with E-state index in [9.17, 15) is 0 Å². The van der Waals surface area contributed by atoms with Crippen LogP contribution in [0.25, 0.3) is 0 Å². The second-order valence-corrected chi connectivity index (χ2v) is 4.18. The number of aromatic nitrogens is 1. The Morgan fingerprint density at radius 1 is 1.40 bits per heavy atom. The van der Waals surface area contributed by atoms with E-state index in [1.54, 1.807) is 0 Å². The molecule has 1 aliphatic heterocycles. The van der Waals surface area contributed by atoms with Crippen LogP contribution in [0.4, 0.5) is 0 Å². The Bertz CT molecular complexity index is 267. The van der Waals surface area contributed by atoms with Gasteiger partial charge in [-0.15, -0.1) is 0 Å². The predicted octanol–water partition coefficient (Wildman–Crippen LogP) is 1.17. The van der Waals surface area contributed by atoms with Crippen LogP contribution in [0.15, 0.2) is 24.5 Å². The maximum atomic E-state index is 4.00. The maximum Gasteiger partial charge on any atom is 0.0271 e. The smallest absolute Gasteiger partial charge is 0.0271 e. The van der Waals surface area contributed by atoms with Crippen LogP contribution >= 0.6 is 0 Å². The lowest BCUT2D eigenvalue weighted by molar-refractivity contribution is 0.500. The summed E-state index contributed by atoms with van der Waals surface area (Å²) < 4.78 is 0. The summed E-state index contributed by atoms with van der Waals surface area (Å²) in [4.78, 5) is 4.00. The van der Waals surface area contributed by atoms with Gasteiger partial charge in [-0.25, -0.2) is 0 Å². The van der Waals surface area contributed by atoms with Crippen LogP contribution in [0.2, 0.25) is 0 Å². The first-order valence-electron chi connectivity index (χ1n) is 5.75. The zero-order chi connectivity index (χ0) is 10.3. The first-order valence-corrected chi connectivity index (χ1v) is 5.75. The van der Waals surface area contributed by atoms with E-state index >= 15 is 0 Å². The molecule has 1 saturated heterocycles. The lowest BCUT2D eigenvalue weighted by atomic mass is 10.1. The van der Waals surface area contributed by atoms with Crippen molar-refractivity contribution < 1.29 is 0 Å². The zero-order valence-corrected chi connectivity index (χ0v) is 9.08. The number of rotatable bonds is 5. The third-order valence-electron chi connectivity index (χ3n) is 2.97. The molecule has 2 heterocycles. The Labute approximate surface area is 91.3 Å². The van der Waals surface area contributed by atoms with E-state index in [0.29, 0.717) is 0 Å². The molecule has 15 heavy (non-hydrogen) atoms. The van der Waals surface area contributed by atoms with Crippen molar-refractivity contribution in [3.05, 3.63) is 30.1 Å². The molecule has 0 amide bonds. The van der Waals surface area contributed by atoms with E-state index in [1.165, 1.54) is 31.5 Å². The van der Waals surface area contributed by atoms with Gasteiger partial charge in [-0.2, -0.15) is 0 Å². The second kappa shape index (κ2) is 5.83. The van der Waals surface area contributed by atoms with Gasteiger partial charge in [0.1, 0.15) is 0 Å². The average Bonchev–Trinajstić information content (AvgIpc) is 2.79. The molecule has 0 aromatic carbocycles. The molecule has 0 spiro atoms. The van der Waals surface area contributed by atoms with Gasteiger partial charge < -0.3 is 10.6 Å². The summed E-state index contributed by atoms with van der Waals surface area (Å²) in [5.74, 6) is 0.884. The van der Waals surface area contributed by atoms with E-state index < -0.39 is 0 Å². The van der Waals surface area contributed by atoms with Crippen molar-refractivity contribution in [2.75, 3.05) is 19.6 Å². The maximum absolute atomic E-state index is 4.00. The normalized spacial score (nSPS) is 20.7. The van der Waals surface area contributed by atoms with Crippen molar-refractivity contribution in [3.63, 3.8) is 0 Å². The molecule has 1 atom stereocenters. The lowest BCUT2D eigenvalue weighted by Gasteiger charge is -2.08. The van der Waals surface area contributed by atoms with Gasteiger partial charge in [0.05, 0.1) is 0 Å². The molecular formula is C12H19N3. The van der Waals surface area contributed by atoms with Crippen LogP contribution in [0.1, 0.15) is 18.4 Å². The minimum atomic E-state index is 0.884. The van der Waals surface area contributed by atoms with E-state index in [-0.39, 0.29) is 0 Å². The van der Waals surface area contributed by atoms with Gasteiger partial charge in [0, 0.05) is 18.9 Å². The third-order valence-corrected chi connectivity index (χ3v) is 2.97. The number of hydrogen-bond donors (Lipinski definition) is 2. The zero-order valence-electron chi connectivity index (χ0n) is 9.08. The number of nitrogens with zero attached hydrogens (tertiary/aromatic N) is 1. The van der Waals surface area contributed by atoms with E-state index in [2.05, 4.69) is 27.8 Å². The van der Waals surface area contributed by atoms with E-state index in [4.69, 9.17) is 0 Å². The quantitative estimate of drug-likeness (QED) is 0.709. The molecule has 1 fully saturated rings. The fourth-order valence-corrected chi connectivity index (χ4v) is 2.00. The topological polar surface area (TPSA) is 37.0 Å². The van der Waals surface area contributed by atoms with E-state index in [0.717, 1.165) is 19.0 Å². The molecule has 3 heteroatoms. The molecule has 1 aromatic heterocycles. The number of pyridine rings is 1. The van der Waals surface area contributed by atoms with Crippen LogP contribution in [-0.4, -0.2) is 24.6 Å². The minimum Gasteiger partial charge on any atom is -0.316 e. The predicted molar refractivity (Wildman–Crippen MR) is 61.5 cm³/mol. The summed E-state index contributed by atoms with van der Waals surface area (Å²) >= 11 is 0. The summed E-state index contributed by atoms with van der Waals surface area (Å²) in [6.45, 7) is 4.49. The van der Waals surface area contributed by atoms with Gasteiger partial charge in [0.2, 0.25) is 0 Å². The SMILES string of the molecule is c1cc(CNCCC2CCNC2)ccn1. The molecule has 1 unspecified atom stereocenters. The van der Waals surface area contributed by atoms with Crippen molar-refractivity contribution in [3.8, 4) is 0 Å². The van der Waals surface area contributed by atoms with Crippen molar-refractivity contribution in [2.45, 2.75) is 19.4 Å². The Hall–Kier alpha value is -0.930. The van der Waals surface area contributed by atoms with Crippen LogP contribution in [0.5, 0.6) is 0 Å². The van der Waals surface area contributed by atoms with Crippen molar-refractivity contribution in [2.24, 2.45) is 5.92 Å². The number of hydrogen-bond acceptors (Lipinski definition) is 3. The Morgan fingerprint density at radius 2 is 2.27 bits per heavy atom. The fraction of sp³-hybridized carbons (Fsp3) is 0.583. The third kappa shape index (κ3) is 3.61. The largest absolute Gasteiger partial charge is 0.316 e. The van der Waals surface area contributed by atoms with Crippen LogP contribution in [0, 0.1) is 5.92 Å². The molecule has 2 N–H and O–H groups in total. The van der Waals surface area contributed by atoms with Gasteiger partial charge in [-0.05, 0) is 56.1 Å². The monoisotopic (exact) mass is 205 g/mol. The Morgan fingerprint density at radius 3 is 3.00 bits per heavy atom. The van der Waals surface area contributed by atoms with Crippen LogP contribution in [-0.2, 0) is 6.54 Å². The Kier molecular flexibility index (Phi) is 4.11. The molecule has 1 aromatic rings. The Balaban J connectivity index is 1.59. The summed E-state index contributed by atoms with van der Waals surface area (Å²) in [7, 11) is 0. The first kappa shape index (κ1) is 10.6. The molecule has 2 rings (SSSR count). The van der Waals surface area contributed by atoms with E-state index in [1.807, 2.05) is 12.4 Å². The molecule has 0 aliphatic carbocycles. The lowest BCUT2D eigenvalue weighted by Crippen LogP contribution is -2.19. The second-order valence-electron chi connectivity index (χ2n) is 4.18. The van der Waals surface area contributed by atoms with Gasteiger partial charge >= 0.3 is 0 Å². The highest BCUT2D eigenvalue weighted by Crippen LogP contribution is 2.10. The standard InChI is InChI=1S/C12H19N3/c1-5-13-6-2-11(1)9-14-7-3-12-4-8-15-10-12/h1-2,5-6,12,14-15H,3-4,7-10H2. The van der Waals surface area contributed by atoms with Gasteiger partial charge in [0.25, 0.3) is 0 Å². The first-order chi connectivity index (χ1) is 7.45. The average molecular weight is 205 g/mol. The van der Waals surface area contributed by atoms with Crippen molar-refractivity contribution in [1.82, 2.24) is 15.6 Å². The van der Waals surface area contributed by atoms with Gasteiger partial charge in [0.15, 0.2) is 0 Å². The van der Waals surface area contributed by atoms with Crippen molar-refractivity contribution >= 4 is 0 Å². The van der Waals surface area contributed by atoms with Crippen LogP contribution < -0.4 is 10.6 Å². The van der Waals surface area contributed by atoms with Crippen LogP contribution in [0.3, 0.4) is 0 Å². The summed E-state index contributed by atoms with van der Waals surface area (Å²) in [5.41, 5.74) is 1.31. The van der Waals surface area contributed by atoms with Gasteiger partial charge in [-0.1, -0.05) is 0 Å². The highest BCUT2D eigenvalue weighted by Gasteiger charge is 2.12. The van der Waals surface area contributed by atoms with Crippen molar-refractivity contribution in [1.29, 1.82) is 0 Å². The minimum absolute atomic E-state index is 0.884. The highest BCUT2D eigenvalue weighted by molar-refractivity contribution is 5.08. The molecule has 0 radical (unpaired) electrons. The summed E-state index contributed by atoms with van der Waals surface area (Å²) in [6.07, 6.45) is 6.32. The summed E-state index contributed by atoms with van der Waals surface area (Å²) in [5, 5.41) is 6.87. The highest BCUT2D eigenvalue weighted by atomic mass is 14.9. The molecule has 82 valence electrons. The number of nitrogens with one attached hydrogen (secondary N) is 2. The summed E-state index contributed by atoms with van der Waals surface area (Å²) in [6, 6.07) is 4.12. The molecule has 1 aliphatic rings. The molecule has 0 bridgehead atoms. The molecular weight excluding hydrogens is 186 g/mol. The molecule has 3 nitrogen and oxygen atoms in total. The van der Waals surface area contributed by atoms with Gasteiger partial charge in [-0.3, -0.25) is 4.98 Å².